The van der Waals surface area contributed by atoms with Crippen LogP contribution in [0, 0.1) is 12.8 Å². The van der Waals surface area contributed by atoms with E-state index in [0.717, 1.165) is 12.0 Å². The summed E-state index contributed by atoms with van der Waals surface area (Å²) in [7, 11) is 0. The summed E-state index contributed by atoms with van der Waals surface area (Å²) in [6, 6.07) is 7.86. The molecule has 0 unspecified atom stereocenters. The summed E-state index contributed by atoms with van der Waals surface area (Å²) < 4.78 is 0. The van der Waals surface area contributed by atoms with Gasteiger partial charge in [-0.1, -0.05) is 38.1 Å². The van der Waals surface area contributed by atoms with Crippen molar-refractivity contribution < 1.29 is 5.11 Å². The Bertz CT molecular complexity index is 628. The maximum absolute atomic E-state index is 11.6. The molecule has 0 aliphatic carbocycles. The minimum atomic E-state index is -0.311. The van der Waals surface area contributed by atoms with Crippen LogP contribution in [0.5, 0.6) is 5.88 Å². The molecule has 0 saturated heterocycles. The van der Waals surface area contributed by atoms with Crippen molar-refractivity contribution in [3.05, 3.63) is 45.7 Å². The Kier molecular flexibility index (Phi) is 3.69. The summed E-state index contributed by atoms with van der Waals surface area (Å²) in [6.07, 6.45) is 1.02. The Morgan fingerprint density at radius 2 is 1.89 bits per heavy atom. The zero-order valence-electron chi connectivity index (χ0n) is 11.4. The van der Waals surface area contributed by atoms with E-state index in [9.17, 15) is 9.90 Å². The highest BCUT2D eigenvalue weighted by molar-refractivity contribution is 5.56. The molecule has 0 fully saturated rings. The van der Waals surface area contributed by atoms with Crippen LogP contribution in [0.4, 0.5) is 0 Å². The molecule has 4 nitrogen and oxygen atoms in total. The van der Waals surface area contributed by atoms with E-state index in [4.69, 9.17) is 0 Å². The first kappa shape index (κ1) is 13.3. The molecule has 19 heavy (non-hydrogen) atoms. The van der Waals surface area contributed by atoms with Crippen molar-refractivity contribution in [2.75, 3.05) is 0 Å². The molecule has 0 saturated carbocycles. The molecule has 0 bridgehead atoms. The van der Waals surface area contributed by atoms with Crippen LogP contribution in [0.2, 0.25) is 0 Å². The summed E-state index contributed by atoms with van der Waals surface area (Å²) in [4.78, 5) is 18.3. The Hall–Kier alpha value is -2.10. The molecule has 1 aromatic heterocycles. The fraction of sp³-hybridized carbons (Fsp3) is 0.333. The standard InChI is InChI=1S/C15H18N2O2/c1-9(2)8-11-4-6-12(7-5-11)13-16-14(18)10(3)15(19)17-13/h4-7,9H,8H2,1-3H3,(H2,16,17,18,19). The SMILES string of the molecule is Cc1c(O)nc(-c2ccc(CC(C)C)cc2)[nH]c1=O. The number of H-pyrrole nitrogens is 1. The minimum Gasteiger partial charge on any atom is -0.493 e. The number of hydrogen-bond acceptors (Lipinski definition) is 3. The Labute approximate surface area is 112 Å². The van der Waals surface area contributed by atoms with Crippen molar-refractivity contribution in [1.29, 1.82) is 0 Å². The monoisotopic (exact) mass is 258 g/mol. The molecular weight excluding hydrogens is 240 g/mol. The lowest BCUT2D eigenvalue weighted by molar-refractivity contribution is 0.447. The first-order valence-corrected chi connectivity index (χ1v) is 6.36. The molecule has 0 spiro atoms. The Morgan fingerprint density at radius 3 is 2.42 bits per heavy atom. The van der Waals surface area contributed by atoms with Gasteiger partial charge in [-0.05, 0) is 24.8 Å². The van der Waals surface area contributed by atoms with Crippen LogP contribution in [0.15, 0.2) is 29.1 Å². The van der Waals surface area contributed by atoms with Gasteiger partial charge in [-0.2, -0.15) is 4.98 Å². The van der Waals surface area contributed by atoms with Crippen molar-refractivity contribution in [2.45, 2.75) is 27.2 Å². The van der Waals surface area contributed by atoms with Gasteiger partial charge in [0.15, 0.2) is 0 Å². The van der Waals surface area contributed by atoms with Gasteiger partial charge in [0, 0.05) is 5.56 Å². The van der Waals surface area contributed by atoms with Gasteiger partial charge in [0.25, 0.3) is 5.56 Å². The molecule has 4 heteroatoms. The normalized spacial score (nSPS) is 10.9. The van der Waals surface area contributed by atoms with E-state index < -0.39 is 0 Å². The number of hydrogen-bond donors (Lipinski definition) is 2. The predicted octanol–water partition coefficient (Wildman–Crippen LogP) is 2.65. The first-order chi connectivity index (χ1) is 8.97. The van der Waals surface area contributed by atoms with E-state index in [1.54, 1.807) is 0 Å². The van der Waals surface area contributed by atoms with E-state index in [1.807, 2.05) is 24.3 Å². The number of benzene rings is 1. The number of rotatable bonds is 3. The predicted molar refractivity (Wildman–Crippen MR) is 75.2 cm³/mol. The topological polar surface area (TPSA) is 66.0 Å². The molecule has 0 amide bonds. The molecular formula is C15H18N2O2. The zero-order chi connectivity index (χ0) is 14.0. The van der Waals surface area contributed by atoms with Crippen LogP contribution in [-0.4, -0.2) is 15.1 Å². The van der Waals surface area contributed by atoms with Crippen molar-refractivity contribution in [1.82, 2.24) is 9.97 Å². The van der Waals surface area contributed by atoms with Crippen LogP contribution >= 0.6 is 0 Å². The minimum absolute atomic E-state index is 0.218. The second-order valence-corrected chi connectivity index (χ2v) is 5.16. The van der Waals surface area contributed by atoms with E-state index >= 15 is 0 Å². The number of nitrogens with one attached hydrogen (secondary N) is 1. The molecule has 1 aromatic carbocycles. The maximum Gasteiger partial charge on any atom is 0.257 e. The smallest absolute Gasteiger partial charge is 0.257 e. The van der Waals surface area contributed by atoms with Gasteiger partial charge in [-0.25, -0.2) is 0 Å². The molecule has 2 aromatic rings. The number of aromatic nitrogens is 2. The molecule has 0 atom stereocenters. The van der Waals surface area contributed by atoms with Gasteiger partial charge >= 0.3 is 0 Å². The fourth-order valence-electron chi connectivity index (χ4n) is 1.93. The second kappa shape index (κ2) is 5.26. The van der Waals surface area contributed by atoms with Gasteiger partial charge in [0.2, 0.25) is 5.88 Å². The number of aromatic hydroxyl groups is 1. The number of aromatic amines is 1. The highest BCUT2D eigenvalue weighted by atomic mass is 16.3. The summed E-state index contributed by atoms with van der Waals surface area (Å²) in [5.41, 5.74) is 1.96. The van der Waals surface area contributed by atoms with Gasteiger partial charge < -0.3 is 10.1 Å². The third-order valence-corrected chi connectivity index (χ3v) is 3.00. The van der Waals surface area contributed by atoms with Crippen molar-refractivity contribution >= 4 is 0 Å². The lowest BCUT2D eigenvalue weighted by Crippen LogP contribution is -2.12. The molecule has 0 aliphatic heterocycles. The van der Waals surface area contributed by atoms with Crippen LogP contribution in [0.1, 0.15) is 25.0 Å². The molecule has 2 N–H and O–H groups in total. The van der Waals surface area contributed by atoms with Gasteiger partial charge in [0.05, 0.1) is 5.56 Å². The highest BCUT2D eigenvalue weighted by Gasteiger charge is 2.08. The zero-order valence-corrected chi connectivity index (χ0v) is 11.4. The van der Waals surface area contributed by atoms with Crippen LogP contribution in [-0.2, 0) is 6.42 Å². The van der Waals surface area contributed by atoms with Crippen molar-refractivity contribution in [3.8, 4) is 17.3 Å². The fourth-order valence-corrected chi connectivity index (χ4v) is 1.93. The van der Waals surface area contributed by atoms with Crippen LogP contribution in [0.3, 0.4) is 0 Å². The van der Waals surface area contributed by atoms with Crippen molar-refractivity contribution in [2.24, 2.45) is 5.92 Å². The quantitative estimate of drug-likeness (QED) is 0.889. The van der Waals surface area contributed by atoms with Gasteiger partial charge in [-0.15, -0.1) is 0 Å². The first-order valence-electron chi connectivity index (χ1n) is 6.36. The van der Waals surface area contributed by atoms with E-state index in [1.165, 1.54) is 12.5 Å². The maximum atomic E-state index is 11.6. The molecule has 2 rings (SSSR count). The molecule has 100 valence electrons. The van der Waals surface area contributed by atoms with E-state index in [-0.39, 0.29) is 17.0 Å². The number of nitrogens with zero attached hydrogens (tertiary/aromatic N) is 1. The van der Waals surface area contributed by atoms with Gasteiger partial charge in [-0.3, -0.25) is 4.79 Å². The third kappa shape index (κ3) is 3.02. The van der Waals surface area contributed by atoms with Crippen LogP contribution in [0.25, 0.3) is 11.4 Å². The largest absolute Gasteiger partial charge is 0.493 e. The molecule has 1 heterocycles. The van der Waals surface area contributed by atoms with E-state index in [0.29, 0.717) is 11.7 Å². The Morgan fingerprint density at radius 1 is 1.26 bits per heavy atom. The summed E-state index contributed by atoms with van der Waals surface area (Å²) in [5.74, 6) is 0.779. The summed E-state index contributed by atoms with van der Waals surface area (Å²) in [6.45, 7) is 5.88. The third-order valence-electron chi connectivity index (χ3n) is 3.00. The van der Waals surface area contributed by atoms with Crippen LogP contribution < -0.4 is 5.56 Å². The van der Waals surface area contributed by atoms with Gasteiger partial charge in [0.1, 0.15) is 5.82 Å². The summed E-state index contributed by atoms with van der Waals surface area (Å²) >= 11 is 0. The lowest BCUT2D eigenvalue weighted by atomic mass is 10.0. The second-order valence-electron chi connectivity index (χ2n) is 5.16. The van der Waals surface area contributed by atoms with Crippen molar-refractivity contribution in [3.63, 3.8) is 0 Å². The van der Waals surface area contributed by atoms with E-state index in [2.05, 4.69) is 23.8 Å². The molecule has 0 radical (unpaired) electrons. The average molecular weight is 258 g/mol. The lowest BCUT2D eigenvalue weighted by Gasteiger charge is -2.07. The average Bonchev–Trinajstić information content (AvgIpc) is 2.35. The summed E-state index contributed by atoms with van der Waals surface area (Å²) in [5, 5.41) is 9.58. The Balaban J connectivity index is 2.35. The highest BCUT2D eigenvalue weighted by Crippen LogP contribution is 2.18. The molecule has 0 aliphatic rings.